The minimum absolute atomic E-state index is 0.167. The Labute approximate surface area is 98.3 Å². The van der Waals surface area contributed by atoms with E-state index in [9.17, 15) is 4.79 Å². The second-order valence-corrected chi connectivity index (χ2v) is 4.78. The average Bonchev–Trinajstić information content (AvgIpc) is 2.43. The molecule has 0 bridgehead atoms. The zero-order valence-electron chi connectivity index (χ0n) is 10.7. The first-order chi connectivity index (χ1) is 7.63. The molecule has 4 nitrogen and oxygen atoms in total. The van der Waals surface area contributed by atoms with E-state index in [0.717, 1.165) is 32.5 Å². The fourth-order valence-electron chi connectivity index (χ4n) is 2.11. The highest BCUT2D eigenvalue weighted by molar-refractivity contribution is 5.67. The van der Waals surface area contributed by atoms with E-state index >= 15 is 0 Å². The smallest absolute Gasteiger partial charge is 0.409 e. The van der Waals surface area contributed by atoms with E-state index < -0.39 is 0 Å². The third-order valence-electron chi connectivity index (χ3n) is 2.76. The summed E-state index contributed by atoms with van der Waals surface area (Å²) in [6, 6.07) is 0.409. The molecule has 1 aliphatic heterocycles. The Morgan fingerprint density at radius 1 is 1.56 bits per heavy atom. The van der Waals surface area contributed by atoms with E-state index in [4.69, 9.17) is 4.74 Å². The van der Waals surface area contributed by atoms with E-state index in [1.165, 1.54) is 0 Å². The molecule has 1 amide bonds. The van der Waals surface area contributed by atoms with Crippen LogP contribution in [0.1, 0.15) is 33.6 Å². The lowest BCUT2D eigenvalue weighted by atomic mass is 10.0. The monoisotopic (exact) mass is 228 g/mol. The Balaban J connectivity index is 2.48. The van der Waals surface area contributed by atoms with Crippen LogP contribution >= 0.6 is 0 Å². The summed E-state index contributed by atoms with van der Waals surface area (Å²) in [6.45, 7) is 9.30. The Bertz CT molecular complexity index is 219. The van der Waals surface area contributed by atoms with Crippen molar-refractivity contribution >= 4 is 6.09 Å². The van der Waals surface area contributed by atoms with E-state index in [0.29, 0.717) is 18.6 Å². The number of carbonyl (C=O) groups is 1. The highest BCUT2D eigenvalue weighted by Crippen LogP contribution is 2.10. The molecule has 1 rings (SSSR count). The van der Waals surface area contributed by atoms with Crippen molar-refractivity contribution in [2.75, 3.05) is 26.2 Å². The molecule has 0 saturated carbocycles. The van der Waals surface area contributed by atoms with E-state index in [1.807, 2.05) is 11.8 Å². The van der Waals surface area contributed by atoms with Crippen molar-refractivity contribution in [1.29, 1.82) is 0 Å². The maximum Gasteiger partial charge on any atom is 0.409 e. The molecule has 0 aromatic rings. The van der Waals surface area contributed by atoms with Gasteiger partial charge < -0.3 is 15.0 Å². The summed E-state index contributed by atoms with van der Waals surface area (Å²) >= 11 is 0. The van der Waals surface area contributed by atoms with Crippen molar-refractivity contribution in [3.63, 3.8) is 0 Å². The van der Waals surface area contributed by atoms with Gasteiger partial charge in [-0.15, -0.1) is 0 Å². The van der Waals surface area contributed by atoms with Gasteiger partial charge in [0.2, 0.25) is 0 Å². The largest absolute Gasteiger partial charge is 0.450 e. The van der Waals surface area contributed by atoms with Crippen LogP contribution in [0.5, 0.6) is 0 Å². The van der Waals surface area contributed by atoms with Crippen LogP contribution in [0.4, 0.5) is 4.79 Å². The van der Waals surface area contributed by atoms with Gasteiger partial charge in [-0.25, -0.2) is 4.79 Å². The summed E-state index contributed by atoms with van der Waals surface area (Å²) in [5.74, 6) is 0.652. The molecule has 1 aliphatic rings. The zero-order valence-corrected chi connectivity index (χ0v) is 10.7. The lowest BCUT2D eigenvalue weighted by molar-refractivity contribution is 0.105. The SMILES string of the molecule is CCOC(=O)N1CCCNC(CC(C)C)C1. The van der Waals surface area contributed by atoms with Gasteiger partial charge >= 0.3 is 6.09 Å². The maximum atomic E-state index is 11.7. The van der Waals surface area contributed by atoms with Gasteiger partial charge in [0.15, 0.2) is 0 Å². The first-order valence-electron chi connectivity index (χ1n) is 6.28. The van der Waals surface area contributed by atoms with Gasteiger partial charge in [-0.1, -0.05) is 13.8 Å². The van der Waals surface area contributed by atoms with Crippen LogP contribution in [-0.4, -0.2) is 43.3 Å². The third-order valence-corrected chi connectivity index (χ3v) is 2.76. The van der Waals surface area contributed by atoms with Crippen molar-refractivity contribution in [2.24, 2.45) is 5.92 Å². The molecule has 1 heterocycles. The first kappa shape index (κ1) is 13.3. The number of nitrogens with zero attached hydrogens (tertiary/aromatic N) is 1. The Morgan fingerprint density at radius 3 is 2.94 bits per heavy atom. The quantitative estimate of drug-likeness (QED) is 0.801. The predicted molar refractivity (Wildman–Crippen MR) is 64.5 cm³/mol. The van der Waals surface area contributed by atoms with Gasteiger partial charge in [-0.2, -0.15) is 0 Å². The summed E-state index contributed by atoms with van der Waals surface area (Å²) < 4.78 is 5.05. The molecule has 1 unspecified atom stereocenters. The number of nitrogens with one attached hydrogen (secondary N) is 1. The standard InChI is InChI=1S/C12H24N2O2/c1-4-16-12(15)14-7-5-6-13-11(9-14)8-10(2)3/h10-11,13H,4-9H2,1-3H3. The second kappa shape index (κ2) is 6.74. The van der Waals surface area contributed by atoms with E-state index in [2.05, 4.69) is 19.2 Å². The summed E-state index contributed by atoms with van der Waals surface area (Å²) in [5.41, 5.74) is 0. The Hall–Kier alpha value is -0.770. The van der Waals surface area contributed by atoms with Gasteiger partial charge in [0.25, 0.3) is 0 Å². The summed E-state index contributed by atoms with van der Waals surface area (Å²) in [4.78, 5) is 13.5. The number of hydrogen-bond acceptors (Lipinski definition) is 3. The summed E-state index contributed by atoms with van der Waals surface area (Å²) in [7, 11) is 0. The molecule has 0 aromatic carbocycles. The first-order valence-corrected chi connectivity index (χ1v) is 6.28. The number of rotatable bonds is 3. The number of hydrogen-bond donors (Lipinski definition) is 1. The lowest BCUT2D eigenvalue weighted by Gasteiger charge is -2.24. The van der Waals surface area contributed by atoms with Crippen LogP contribution in [0.2, 0.25) is 0 Å². The van der Waals surface area contributed by atoms with Crippen LogP contribution in [-0.2, 0) is 4.74 Å². The van der Waals surface area contributed by atoms with Crippen LogP contribution in [0, 0.1) is 5.92 Å². The molecule has 1 fully saturated rings. The lowest BCUT2D eigenvalue weighted by Crippen LogP contribution is -2.41. The van der Waals surface area contributed by atoms with Crippen molar-refractivity contribution in [3.05, 3.63) is 0 Å². The molecule has 94 valence electrons. The van der Waals surface area contributed by atoms with Crippen LogP contribution < -0.4 is 5.32 Å². The molecule has 0 aromatic heterocycles. The van der Waals surface area contributed by atoms with Gasteiger partial charge in [-0.05, 0) is 32.2 Å². The maximum absolute atomic E-state index is 11.7. The van der Waals surface area contributed by atoms with Gasteiger partial charge in [-0.3, -0.25) is 0 Å². The fourth-order valence-corrected chi connectivity index (χ4v) is 2.11. The predicted octanol–water partition coefficient (Wildman–Crippen LogP) is 1.85. The highest BCUT2D eigenvalue weighted by Gasteiger charge is 2.22. The van der Waals surface area contributed by atoms with Crippen molar-refractivity contribution in [3.8, 4) is 0 Å². The molecule has 0 aliphatic carbocycles. The topological polar surface area (TPSA) is 41.6 Å². The van der Waals surface area contributed by atoms with Crippen LogP contribution in [0.25, 0.3) is 0 Å². The van der Waals surface area contributed by atoms with Crippen LogP contribution in [0.15, 0.2) is 0 Å². The van der Waals surface area contributed by atoms with Gasteiger partial charge in [0, 0.05) is 19.1 Å². The molecular weight excluding hydrogens is 204 g/mol. The molecule has 0 radical (unpaired) electrons. The summed E-state index contributed by atoms with van der Waals surface area (Å²) in [6.07, 6.45) is 1.95. The molecular formula is C12H24N2O2. The minimum atomic E-state index is -0.167. The zero-order chi connectivity index (χ0) is 12.0. The molecule has 4 heteroatoms. The Kier molecular flexibility index (Phi) is 5.60. The van der Waals surface area contributed by atoms with E-state index in [-0.39, 0.29) is 6.09 Å². The highest BCUT2D eigenvalue weighted by atomic mass is 16.6. The van der Waals surface area contributed by atoms with Crippen molar-refractivity contribution < 1.29 is 9.53 Å². The number of ether oxygens (including phenoxy) is 1. The molecule has 16 heavy (non-hydrogen) atoms. The number of amides is 1. The van der Waals surface area contributed by atoms with Crippen molar-refractivity contribution in [1.82, 2.24) is 10.2 Å². The fraction of sp³-hybridized carbons (Fsp3) is 0.917. The average molecular weight is 228 g/mol. The van der Waals surface area contributed by atoms with E-state index in [1.54, 1.807) is 0 Å². The minimum Gasteiger partial charge on any atom is -0.450 e. The van der Waals surface area contributed by atoms with Crippen molar-refractivity contribution in [2.45, 2.75) is 39.7 Å². The van der Waals surface area contributed by atoms with Crippen LogP contribution in [0.3, 0.4) is 0 Å². The summed E-state index contributed by atoms with van der Waals surface area (Å²) in [5, 5.41) is 3.49. The Morgan fingerprint density at radius 2 is 2.31 bits per heavy atom. The number of carbonyl (C=O) groups excluding carboxylic acids is 1. The molecule has 1 N–H and O–H groups in total. The molecule has 1 saturated heterocycles. The normalized spacial score (nSPS) is 22.0. The third kappa shape index (κ3) is 4.39. The molecule has 0 spiro atoms. The van der Waals surface area contributed by atoms with Gasteiger partial charge in [0.1, 0.15) is 0 Å². The second-order valence-electron chi connectivity index (χ2n) is 4.78. The van der Waals surface area contributed by atoms with Gasteiger partial charge in [0.05, 0.1) is 6.61 Å². The molecule has 1 atom stereocenters.